The summed E-state index contributed by atoms with van der Waals surface area (Å²) in [6.07, 6.45) is 0. The van der Waals surface area contributed by atoms with Crippen LogP contribution >= 0.6 is 11.6 Å². The van der Waals surface area contributed by atoms with Crippen LogP contribution in [0.5, 0.6) is 0 Å². The Hall–Kier alpha value is -3.36. The van der Waals surface area contributed by atoms with Crippen molar-refractivity contribution in [3.63, 3.8) is 0 Å². The molecule has 29 heavy (non-hydrogen) atoms. The quantitative estimate of drug-likeness (QED) is 0.358. The maximum Gasteiger partial charge on any atom is 0.194 e. The van der Waals surface area contributed by atoms with Gasteiger partial charge in [-0.15, -0.1) is 0 Å². The molecule has 0 bridgehead atoms. The van der Waals surface area contributed by atoms with Gasteiger partial charge in [-0.25, -0.2) is 0 Å². The molecule has 0 fully saturated rings. The van der Waals surface area contributed by atoms with Crippen LogP contribution in [0.1, 0.15) is 21.5 Å². The van der Waals surface area contributed by atoms with Crippen molar-refractivity contribution in [3.05, 3.63) is 119 Å². The number of aryl methyl sites for hydroxylation is 1. The molecule has 0 aromatic heterocycles. The summed E-state index contributed by atoms with van der Waals surface area (Å²) in [6.45, 7) is 1.93. The Morgan fingerprint density at radius 3 is 2.00 bits per heavy atom. The van der Waals surface area contributed by atoms with E-state index in [4.69, 9.17) is 11.6 Å². The fraction of sp³-hybridized carbons (Fsp3) is 0.0385. The Morgan fingerprint density at radius 1 is 0.690 bits per heavy atom. The number of carbonyl (C=O) groups excluding carboxylic acids is 1. The number of halogens is 1. The lowest BCUT2D eigenvalue weighted by atomic mass is 9.99. The zero-order valence-corrected chi connectivity index (χ0v) is 16.8. The summed E-state index contributed by atoms with van der Waals surface area (Å²) in [4.78, 5) is 12.8. The molecule has 4 aromatic carbocycles. The molecule has 0 saturated heterocycles. The molecule has 0 spiro atoms. The molecule has 0 aliphatic rings. The first kappa shape index (κ1) is 19.0. The molecule has 0 aliphatic carbocycles. The average molecular weight is 398 g/mol. The first-order valence-electron chi connectivity index (χ1n) is 9.44. The minimum Gasteiger partial charge on any atom is -0.355 e. The van der Waals surface area contributed by atoms with Gasteiger partial charge in [-0.1, -0.05) is 78.3 Å². The highest BCUT2D eigenvalue weighted by Gasteiger charge is 2.15. The number of rotatable bonds is 5. The molecule has 1 N–H and O–H groups in total. The predicted molar refractivity (Wildman–Crippen MR) is 121 cm³/mol. The summed E-state index contributed by atoms with van der Waals surface area (Å²) in [6, 6.07) is 31.5. The molecule has 0 atom stereocenters. The molecule has 0 unspecified atom stereocenters. The number of hydrogen-bond donors (Lipinski definition) is 1. The van der Waals surface area contributed by atoms with Gasteiger partial charge < -0.3 is 5.32 Å². The Balaban J connectivity index is 1.53. The van der Waals surface area contributed by atoms with E-state index in [9.17, 15) is 4.79 Å². The van der Waals surface area contributed by atoms with Crippen LogP contribution in [0.4, 0.5) is 11.4 Å². The second kappa shape index (κ2) is 8.34. The van der Waals surface area contributed by atoms with Crippen LogP contribution in [0.25, 0.3) is 11.1 Å². The van der Waals surface area contributed by atoms with E-state index in [2.05, 4.69) is 29.6 Å². The number of anilines is 2. The topological polar surface area (TPSA) is 29.1 Å². The van der Waals surface area contributed by atoms with Crippen LogP contribution in [-0.2, 0) is 0 Å². The molecule has 2 nitrogen and oxygen atoms in total. The van der Waals surface area contributed by atoms with Crippen LogP contribution in [0, 0.1) is 6.92 Å². The van der Waals surface area contributed by atoms with E-state index in [0.717, 1.165) is 22.5 Å². The van der Waals surface area contributed by atoms with Gasteiger partial charge in [-0.2, -0.15) is 0 Å². The Kier molecular flexibility index (Phi) is 5.46. The van der Waals surface area contributed by atoms with Crippen LogP contribution in [0.2, 0.25) is 5.02 Å². The van der Waals surface area contributed by atoms with Gasteiger partial charge in [-0.05, 0) is 53.9 Å². The monoisotopic (exact) mass is 397 g/mol. The zero-order valence-electron chi connectivity index (χ0n) is 16.0. The minimum atomic E-state index is -0.0631. The van der Waals surface area contributed by atoms with E-state index < -0.39 is 0 Å². The van der Waals surface area contributed by atoms with Crippen molar-refractivity contribution in [2.75, 3.05) is 5.32 Å². The standard InChI is InChI=1S/C26H20ClNO/c1-18-7-5-6-10-23(18)26(29)24-16-15-22(17-25(24)27)28-21-13-11-20(12-14-21)19-8-3-2-4-9-19/h2-17,28H,1H3. The second-order valence-corrected chi connectivity index (χ2v) is 7.31. The minimum absolute atomic E-state index is 0.0631. The van der Waals surface area contributed by atoms with Crippen molar-refractivity contribution in [2.45, 2.75) is 6.92 Å². The summed E-state index contributed by atoms with van der Waals surface area (Å²) in [5.41, 5.74) is 6.25. The van der Waals surface area contributed by atoms with Gasteiger partial charge in [0.15, 0.2) is 5.78 Å². The largest absolute Gasteiger partial charge is 0.355 e. The normalized spacial score (nSPS) is 10.6. The first-order chi connectivity index (χ1) is 14.1. The summed E-state index contributed by atoms with van der Waals surface area (Å²) in [7, 11) is 0. The van der Waals surface area contributed by atoms with Gasteiger partial charge in [-0.3, -0.25) is 4.79 Å². The molecule has 4 aromatic rings. The van der Waals surface area contributed by atoms with Crippen molar-refractivity contribution in [1.82, 2.24) is 0 Å². The summed E-state index contributed by atoms with van der Waals surface area (Å²) in [5.74, 6) is -0.0631. The maximum atomic E-state index is 12.8. The number of benzene rings is 4. The molecule has 0 saturated carbocycles. The Morgan fingerprint density at radius 2 is 1.31 bits per heavy atom. The van der Waals surface area contributed by atoms with E-state index >= 15 is 0 Å². The van der Waals surface area contributed by atoms with E-state index in [-0.39, 0.29) is 5.78 Å². The lowest BCUT2D eigenvalue weighted by Gasteiger charge is -2.11. The van der Waals surface area contributed by atoms with Crippen molar-refractivity contribution in [1.29, 1.82) is 0 Å². The third-order valence-electron chi connectivity index (χ3n) is 4.88. The van der Waals surface area contributed by atoms with Crippen molar-refractivity contribution < 1.29 is 4.79 Å². The van der Waals surface area contributed by atoms with Gasteiger partial charge in [0.1, 0.15) is 0 Å². The van der Waals surface area contributed by atoms with Crippen LogP contribution in [0.15, 0.2) is 97.1 Å². The molecule has 0 radical (unpaired) electrons. The van der Waals surface area contributed by atoms with Gasteiger partial charge in [0.2, 0.25) is 0 Å². The lowest BCUT2D eigenvalue weighted by molar-refractivity contribution is 0.103. The second-order valence-electron chi connectivity index (χ2n) is 6.91. The van der Waals surface area contributed by atoms with Gasteiger partial charge in [0, 0.05) is 22.5 Å². The number of ketones is 1. The summed E-state index contributed by atoms with van der Waals surface area (Å²) < 4.78 is 0. The fourth-order valence-electron chi connectivity index (χ4n) is 3.29. The smallest absolute Gasteiger partial charge is 0.194 e. The van der Waals surface area contributed by atoms with Crippen LogP contribution in [-0.4, -0.2) is 5.78 Å². The van der Waals surface area contributed by atoms with Gasteiger partial charge in [0.25, 0.3) is 0 Å². The number of hydrogen-bond acceptors (Lipinski definition) is 2. The van der Waals surface area contributed by atoms with Crippen molar-refractivity contribution in [2.24, 2.45) is 0 Å². The third-order valence-corrected chi connectivity index (χ3v) is 5.20. The highest BCUT2D eigenvalue weighted by Crippen LogP contribution is 2.28. The Labute approximate surface area is 175 Å². The molecule has 142 valence electrons. The SMILES string of the molecule is Cc1ccccc1C(=O)c1ccc(Nc2ccc(-c3ccccc3)cc2)cc1Cl. The lowest BCUT2D eigenvalue weighted by Crippen LogP contribution is -2.04. The number of carbonyl (C=O) groups is 1. The predicted octanol–water partition coefficient (Wildman–Crippen LogP) is 7.29. The van der Waals surface area contributed by atoms with E-state index in [1.807, 2.05) is 67.6 Å². The molecule has 4 rings (SSSR count). The Bertz CT molecular complexity index is 1150. The first-order valence-corrected chi connectivity index (χ1v) is 9.82. The molecular weight excluding hydrogens is 378 g/mol. The zero-order chi connectivity index (χ0) is 20.2. The van der Waals surface area contributed by atoms with Crippen LogP contribution < -0.4 is 5.32 Å². The molecule has 0 heterocycles. The van der Waals surface area contributed by atoms with E-state index in [0.29, 0.717) is 16.1 Å². The van der Waals surface area contributed by atoms with Crippen molar-refractivity contribution in [3.8, 4) is 11.1 Å². The molecule has 0 amide bonds. The van der Waals surface area contributed by atoms with E-state index in [1.54, 1.807) is 12.1 Å². The number of nitrogens with one attached hydrogen (secondary N) is 1. The van der Waals surface area contributed by atoms with Gasteiger partial charge >= 0.3 is 0 Å². The fourth-order valence-corrected chi connectivity index (χ4v) is 3.56. The summed E-state index contributed by atoms with van der Waals surface area (Å²) >= 11 is 6.44. The van der Waals surface area contributed by atoms with E-state index in [1.165, 1.54) is 5.56 Å². The third kappa shape index (κ3) is 4.23. The highest BCUT2D eigenvalue weighted by molar-refractivity contribution is 6.35. The average Bonchev–Trinajstić information content (AvgIpc) is 2.75. The molecule has 3 heteroatoms. The highest BCUT2D eigenvalue weighted by atomic mass is 35.5. The molecule has 0 aliphatic heterocycles. The van der Waals surface area contributed by atoms with Crippen molar-refractivity contribution >= 4 is 28.8 Å². The maximum absolute atomic E-state index is 12.8. The van der Waals surface area contributed by atoms with Crippen LogP contribution in [0.3, 0.4) is 0 Å². The van der Waals surface area contributed by atoms with Gasteiger partial charge in [0.05, 0.1) is 5.02 Å². The molecular formula is C26H20ClNO. The summed E-state index contributed by atoms with van der Waals surface area (Å²) in [5, 5.41) is 3.78.